The quantitative estimate of drug-likeness (QED) is 0.671. The molecule has 1 atom stereocenters. The molecular weight excluding hydrogens is 408 g/mol. The summed E-state index contributed by atoms with van der Waals surface area (Å²) in [4.78, 5) is 49.6. The second-order valence-electron chi connectivity index (χ2n) is 6.32. The van der Waals surface area contributed by atoms with Gasteiger partial charge in [-0.3, -0.25) is 14.5 Å². The standard InChI is InChI=1S/C21H20N2O6S/c1-3-29-20(26)14-7-9-16(10-8-14)22-17-18(24)23(21(27)30-17)12-13-5-4-6-15(11-13)19(25)28-2/h4-11,17,22H,3,12H2,1-2H3. The number of nitrogens with zero attached hydrogens (tertiary/aromatic N) is 1. The van der Waals surface area contributed by atoms with Gasteiger partial charge in [-0.1, -0.05) is 12.1 Å². The van der Waals surface area contributed by atoms with Crippen molar-refractivity contribution < 1.29 is 28.7 Å². The van der Waals surface area contributed by atoms with Crippen molar-refractivity contribution in [1.29, 1.82) is 0 Å². The van der Waals surface area contributed by atoms with E-state index in [-0.39, 0.29) is 24.3 Å². The largest absolute Gasteiger partial charge is 0.465 e. The molecule has 0 saturated carbocycles. The summed E-state index contributed by atoms with van der Waals surface area (Å²) < 4.78 is 9.63. The molecule has 0 spiro atoms. The van der Waals surface area contributed by atoms with Gasteiger partial charge in [0.15, 0.2) is 5.37 Å². The Balaban J connectivity index is 1.66. The lowest BCUT2D eigenvalue weighted by molar-refractivity contribution is -0.126. The minimum absolute atomic E-state index is 0.0511. The minimum Gasteiger partial charge on any atom is -0.465 e. The van der Waals surface area contributed by atoms with Gasteiger partial charge < -0.3 is 14.8 Å². The number of carbonyl (C=O) groups excluding carboxylic acids is 4. The predicted molar refractivity (Wildman–Crippen MR) is 111 cm³/mol. The SMILES string of the molecule is CCOC(=O)c1ccc(NC2SC(=O)N(Cc3cccc(C(=O)OC)c3)C2=O)cc1. The highest BCUT2D eigenvalue weighted by molar-refractivity contribution is 8.15. The van der Waals surface area contributed by atoms with E-state index in [1.54, 1.807) is 55.5 Å². The van der Waals surface area contributed by atoms with Crippen LogP contribution in [0.1, 0.15) is 33.2 Å². The molecule has 0 aromatic heterocycles. The van der Waals surface area contributed by atoms with Crippen molar-refractivity contribution >= 4 is 40.5 Å². The Morgan fingerprint density at radius 1 is 1.07 bits per heavy atom. The van der Waals surface area contributed by atoms with Crippen LogP contribution in [-0.2, 0) is 20.8 Å². The topological polar surface area (TPSA) is 102 Å². The number of imide groups is 1. The Bertz CT molecular complexity index is 976. The summed E-state index contributed by atoms with van der Waals surface area (Å²) in [6.07, 6.45) is 0. The van der Waals surface area contributed by atoms with Crippen LogP contribution in [0.4, 0.5) is 10.5 Å². The first-order valence-electron chi connectivity index (χ1n) is 9.16. The van der Waals surface area contributed by atoms with E-state index >= 15 is 0 Å². The summed E-state index contributed by atoms with van der Waals surface area (Å²) in [5.41, 5.74) is 1.98. The normalized spacial score (nSPS) is 15.8. The zero-order chi connectivity index (χ0) is 21.7. The number of hydrogen-bond donors (Lipinski definition) is 1. The molecular formula is C21H20N2O6S. The van der Waals surface area contributed by atoms with Crippen molar-refractivity contribution in [3.8, 4) is 0 Å². The van der Waals surface area contributed by atoms with Gasteiger partial charge in [0.05, 0.1) is 31.4 Å². The van der Waals surface area contributed by atoms with Crippen molar-refractivity contribution in [3.05, 3.63) is 65.2 Å². The molecule has 2 amide bonds. The van der Waals surface area contributed by atoms with Crippen LogP contribution in [0.25, 0.3) is 0 Å². The van der Waals surface area contributed by atoms with Crippen LogP contribution in [-0.4, -0.2) is 47.1 Å². The highest BCUT2D eigenvalue weighted by Gasteiger charge is 2.39. The molecule has 1 heterocycles. The molecule has 3 rings (SSSR count). The molecule has 2 aromatic carbocycles. The van der Waals surface area contributed by atoms with E-state index in [1.807, 2.05) is 0 Å². The van der Waals surface area contributed by atoms with Crippen LogP contribution in [0.15, 0.2) is 48.5 Å². The maximum absolute atomic E-state index is 12.7. The zero-order valence-corrected chi connectivity index (χ0v) is 17.2. The van der Waals surface area contributed by atoms with Gasteiger partial charge in [0, 0.05) is 5.69 Å². The summed E-state index contributed by atoms with van der Waals surface area (Å²) in [6, 6.07) is 13.0. The Hall–Kier alpha value is -3.33. The molecule has 0 radical (unpaired) electrons. The van der Waals surface area contributed by atoms with E-state index in [2.05, 4.69) is 5.32 Å². The Labute approximate surface area is 177 Å². The third kappa shape index (κ3) is 4.80. The van der Waals surface area contributed by atoms with E-state index < -0.39 is 17.3 Å². The first-order chi connectivity index (χ1) is 14.4. The molecule has 8 nitrogen and oxygen atoms in total. The number of ether oxygens (including phenoxy) is 2. The first kappa shape index (κ1) is 21.4. The lowest BCUT2D eigenvalue weighted by Gasteiger charge is -2.15. The summed E-state index contributed by atoms with van der Waals surface area (Å²) in [5, 5.41) is 1.83. The number of carbonyl (C=O) groups is 4. The summed E-state index contributed by atoms with van der Waals surface area (Å²) in [7, 11) is 1.29. The fourth-order valence-electron chi connectivity index (χ4n) is 2.85. The smallest absolute Gasteiger partial charge is 0.338 e. The van der Waals surface area contributed by atoms with E-state index in [1.165, 1.54) is 7.11 Å². The van der Waals surface area contributed by atoms with Gasteiger partial charge in [-0.2, -0.15) is 0 Å². The van der Waals surface area contributed by atoms with Gasteiger partial charge in [-0.25, -0.2) is 9.59 Å². The van der Waals surface area contributed by atoms with E-state index in [9.17, 15) is 19.2 Å². The molecule has 30 heavy (non-hydrogen) atoms. The Morgan fingerprint density at radius 2 is 1.80 bits per heavy atom. The second-order valence-corrected chi connectivity index (χ2v) is 7.38. The number of benzene rings is 2. The molecule has 1 saturated heterocycles. The number of amides is 2. The highest BCUT2D eigenvalue weighted by atomic mass is 32.2. The van der Waals surface area contributed by atoms with E-state index in [0.29, 0.717) is 22.4 Å². The fraction of sp³-hybridized carbons (Fsp3) is 0.238. The maximum atomic E-state index is 12.7. The molecule has 1 aliphatic rings. The summed E-state index contributed by atoms with van der Waals surface area (Å²) in [6.45, 7) is 2.06. The molecule has 156 valence electrons. The Morgan fingerprint density at radius 3 is 2.47 bits per heavy atom. The van der Waals surface area contributed by atoms with Crippen LogP contribution in [0.5, 0.6) is 0 Å². The second kappa shape index (κ2) is 9.45. The van der Waals surface area contributed by atoms with Crippen molar-refractivity contribution in [2.45, 2.75) is 18.8 Å². The minimum atomic E-state index is -0.783. The van der Waals surface area contributed by atoms with Crippen molar-refractivity contribution in [3.63, 3.8) is 0 Å². The summed E-state index contributed by atoms with van der Waals surface area (Å²) in [5.74, 6) is -1.30. The maximum Gasteiger partial charge on any atom is 0.338 e. The van der Waals surface area contributed by atoms with Crippen LogP contribution in [0, 0.1) is 0 Å². The van der Waals surface area contributed by atoms with Crippen LogP contribution in [0.3, 0.4) is 0 Å². The number of methoxy groups -OCH3 is 1. The van der Waals surface area contributed by atoms with Crippen molar-refractivity contribution in [1.82, 2.24) is 4.90 Å². The summed E-state index contributed by atoms with van der Waals surface area (Å²) >= 11 is 0.873. The van der Waals surface area contributed by atoms with Gasteiger partial charge in [-0.15, -0.1) is 0 Å². The third-order valence-corrected chi connectivity index (χ3v) is 5.29. The Kier molecular flexibility index (Phi) is 6.73. The molecule has 1 aliphatic heterocycles. The van der Waals surface area contributed by atoms with Gasteiger partial charge in [0.25, 0.3) is 11.1 Å². The third-order valence-electron chi connectivity index (χ3n) is 4.31. The zero-order valence-electron chi connectivity index (χ0n) is 16.4. The van der Waals surface area contributed by atoms with E-state index in [4.69, 9.17) is 9.47 Å². The lowest BCUT2D eigenvalue weighted by Crippen LogP contribution is -2.34. The molecule has 2 aromatic rings. The van der Waals surface area contributed by atoms with Crippen LogP contribution >= 0.6 is 11.8 Å². The van der Waals surface area contributed by atoms with Crippen molar-refractivity contribution in [2.24, 2.45) is 0 Å². The van der Waals surface area contributed by atoms with Gasteiger partial charge in [0.1, 0.15) is 0 Å². The molecule has 1 fully saturated rings. The molecule has 0 aliphatic carbocycles. The molecule has 1 N–H and O–H groups in total. The lowest BCUT2D eigenvalue weighted by atomic mass is 10.1. The average molecular weight is 428 g/mol. The number of anilines is 1. The predicted octanol–water partition coefficient (Wildman–Crippen LogP) is 3.28. The molecule has 0 bridgehead atoms. The van der Waals surface area contributed by atoms with Gasteiger partial charge in [0.2, 0.25) is 0 Å². The van der Waals surface area contributed by atoms with E-state index in [0.717, 1.165) is 16.7 Å². The average Bonchev–Trinajstić information content (AvgIpc) is 3.01. The van der Waals surface area contributed by atoms with Crippen LogP contribution < -0.4 is 5.32 Å². The number of nitrogens with one attached hydrogen (secondary N) is 1. The number of thioether (sulfide) groups is 1. The van der Waals surface area contributed by atoms with Gasteiger partial charge in [-0.05, 0) is 60.6 Å². The number of rotatable bonds is 7. The van der Waals surface area contributed by atoms with Crippen molar-refractivity contribution in [2.75, 3.05) is 19.0 Å². The number of hydrogen-bond acceptors (Lipinski definition) is 8. The van der Waals surface area contributed by atoms with Crippen LogP contribution in [0.2, 0.25) is 0 Å². The monoisotopic (exact) mass is 428 g/mol. The highest BCUT2D eigenvalue weighted by Crippen LogP contribution is 2.29. The molecule has 9 heteroatoms. The fourth-order valence-corrected chi connectivity index (χ4v) is 3.75. The molecule has 1 unspecified atom stereocenters. The number of esters is 2. The van der Waals surface area contributed by atoms with Gasteiger partial charge >= 0.3 is 11.9 Å². The first-order valence-corrected chi connectivity index (χ1v) is 10.0.